The van der Waals surface area contributed by atoms with E-state index < -0.39 is 11.6 Å². The lowest BCUT2D eigenvalue weighted by atomic mass is 9.74. The molecule has 0 aromatic heterocycles. The van der Waals surface area contributed by atoms with Crippen LogP contribution in [-0.4, -0.2) is 12.7 Å². The average molecular weight is 441 g/mol. The van der Waals surface area contributed by atoms with Crippen LogP contribution in [0, 0.1) is 23.5 Å². The number of hydrogen-bond acceptors (Lipinski definition) is 1. The van der Waals surface area contributed by atoms with E-state index in [2.05, 4.69) is 13.8 Å². The summed E-state index contributed by atoms with van der Waals surface area (Å²) in [6.07, 6.45) is 11.3. The first kappa shape index (κ1) is 23.4. The summed E-state index contributed by atoms with van der Waals surface area (Å²) in [7, 11) is 0. The zero-order chi connectivity index (χ0) is 22.5. The molecular formula is C29H38F2O. The third-order valence-corrected chi connectivity index (χ3v) is 7.76. The molecule has 1 nitrogen and oxygen atoms in total. The summed E-state index contributed by atoms with van der Waals surface area (Å²) in [6, 6.07) is 11.4. The summed E-state index contributed by atoms with van der Waals surface area (Å²) < 4.78 is 36.3. The normalized spacial score (nSPS) is 26.2. The topological polar surface area (TPSA) is 9.23 Å². The second-order valence-electron chi connectivity index (χ2n) is 9.99. The van der Waals surface area contributed by atoms with E-state index in [9.17, 15) is 0 Å². The second-order valence-corrected chi connectivity index (χ2v) is 9.99. The van der Waals surface area contributed by atoms with Crippen LogP contribution in [0.2, 0.25) is 0 Å². The Morgan fingerprint density at radius 2 is 1.56 bits per heavy atom. The van der Waals surface area contributed by atoms with Gasteiger partial charge in [-0.25, -0.2) is 8.78 Å². The Bertz CT molecular complexity index is 859. The van der Waals surface area contributed by atoms with Gasteiger partial charge in [-0.1, -0.05) is 63.1 Å². The van der Waals surface area contributed by atoms with Crippen molar-refractivity contribution in [3.8, 4) is 11.1 Å². The zero-order valence-electron chi connectivity index (χ0n) is 19.7. The molecule has 2 aliphatic rings. The van der Waals surface area contributed by atoms with Crippen LogP contribution in [0.15, 0.2) is 36.4 Å². The molecule has 174 valence electrons. The van der Waals surface area contributed by atoms with E-state index in [1.165, 1.54) is 24.8 Å². The highest BCUT2D eigenvalue weighted by molar-refractivity contribution is 5.65. The Hall–Kier alpha value is -1.74. The highest BCUT2D eigenvalue weighted by Gasteiger charge is 2.33. The first-order valence-electron chi connectivity index (χ1n) is 12.8. The van der Waals surface area contributed by atoms with E-state index in [0.717, 1.165) is 63.0 Å². The maximum atomic E-state index is 15.1. The van der Waals surface area contributed by atoms with Crippen molar-refractivity contribution in [1.82, 2.24) is 0 Å². The number of hydrogen-bond donors (Lipinski definition) is 0. The van der Waals surface area contributed by atoms with Crippen molar-refractivity contribution in [3.63, 3.8) is 0 Å². The summed E-state index contributed by atoms with van der Waals surface area (Å²) in [6.45, 7) is 5.28. The average Bonchev–Trinajstić information content (AvgIpc) is 2.83. The number of halogens is 2. The van der Waals surface area contributed by atoms with Gasteiger partial charge >= 0.3 is 0 Å². The zero-order valence-corrected chi connectivity index (χ0v) is 19.7. The number of benzene rings is 2. The lowest BCUT2D eigenvalue weighted by Crippen LogP contribution is -2.34. The molecule has 2 atom stereocenters. The fraction of sp³-hybridized carbons (Fsp3) is 0.586. The van der Waals surface area contributed by atoms with Gasteiger partial charge in [0.05, 0.1) is 6.10 Å². The van der Waals surface area contributed by atoms with Crippen LogP contribution in [-0.2, 0) is 11.2 Å². The Morgan fingerprint density at radius 1 is 0.812 bits per heavy atom. The minimum Gasteiger partial charge on any atom is -0.378 e. The summed E-state index contributed by atoms with van der Waals surface area (Å²) in [4.78, 5) is 0. The van der Waals surface area contributed by atoms with Gasteiger partial charge in [-0.3, -0.25) is 0 Å². The lowest BCUT2D eigenvalue weighted by molar-refractivity contribution is -0.0576. The number of ether oxygens (including phenoxy) is 1. The molecule has 2 fully saturated rings. The van der Waals surface area contributed by atoms with E-state index in [1.54, 1.807) is 6.07 Å². The fourth-order valence-electron chi connectivity index (χ4n) is 5.88. The first-order valence-corrected chi connectivity index (χ1v) is 12.8. The standard InChI is InChI=1S/C29H38F2O/c1-3-5-20-7-10-22(11-8-20)25-16-17-26(29(31)28(25)30)23-12-14-24(15-13-23)27-18-9-21(6-4-2)19-32-27/h7-8,10-11,16-17,21,23-24,27H,3-6,9,12-15,18-19H2,1-2H3. The Kier molecular flexibility index (Phi) is 7.99. The molecule has 0 spiro atoms. The molecule has 32 heavy (non-hydrogen) atoms. The molecule has 2 aromatic carbocycles. The fourth-order valence-corrected chi connectivity index (χ4v) is 5.88. The molecule has 1 saturated carbocycles. The van der Waals surface area contributed by atoms with Gasteiger partial charge in [-0.2, -0.15) is 0 Å². The monoisotopic (exact) mass is 440 g/mol. The molecule has 1 aliphatic carbocycles. The van der Waals surface area contributed by atoms with Crippen molar-refractivity contribution in [2.24, 2.45) is 11.8 Å². The van der Waals surface area contributed by atoms with Gasteiger partial charge in [0.15, 0.2) is 11.6 Å². The van der Waals surface area contributed by atoms with Crippen LogP contribution < -0.4 is 0 Å². The molecule has 3 heteroatoms. The van der Waals surface area contributed by atoms with E-state index in [-0.39, 0.29) is 5.92 Å². The molecule has 0 radical (unpaired) electrons. The Labute approximate surface area is 192 Å². The Balaban J connectivity index is 1.38. The van der Waals surface area contributed by atoms with Gasteiger partial charge in [-0.15, -0.1) is 0 Å². The first-order chi connectivity index (χ1) is 15.6. The van der Waals surface area contributed by atoms with Crippen LogP contribution in [0.5, 0.6) is 0 Å². The molecule has 1 saturated heterocycles. The third-order valence-electron chi connectivity index (χ3n) is 7.76. The largest absolute Gasteiger partial charge is 0.378 e. The van der Waals surface area contributed by atoms with Crippen molar-refractivity contribution in [2.45, 2.75) is 90.1 Å². The SMILES string of the molecule is CCCc1ccc(-c2ccc(C3CCC(C4CCC(CCC)CO4)CC3)c(F)c2F)cc1. The van der Waals surface area contributed by atoms with Crippen molar-refractivity contribution >= 4 is 0 Å². The number of aryl methyl sites for hydroxylation is 1. The van der Waals surface area contributed by atoms with E-state index in [4.69, 9.17) is 4.74 Å². The molecule has 1 aliphatic heterocycles. The Morgan fingerprint density at radius 3 is 2.19 bits per heavy atom. The highest BCUT2D eigenvalue weighted by atomic mass is 19.2. The summed E-state index contributed by atoms with van der Waals surface area (Å²) in [5, 5.41) is 0. The van der Waals surface area contributed by atoms with Crippen LogP contribution >= 0.6 is 0 Å². The van der Waals surface area contributed by atoms with Crippen molar-refractivity contribution < 1.29 is 13.5 Å². The van der Waals surface area contributed by atoms with E-state index >= 15 is 8.78 Å². The second kappa shape index (κ2) is 10.9. The van der Waals surface area contributed by atoms with Crippen molar-refractivity contribution in [3.05, 3.63) is 59.2 Å². The van der Waals surface area contributed by atoms with E-state index in [0.29, 0.717) is 23.1 Å². The van der Waals surface area contributed by atoms with Crippen LogP contribution in [0.3, 0.4) is 0 Å². The molecular weight excluding hydrogens is 402 g/mol. The minimum atomic E-state index is -0.703. The predicted molar refractivity (Wildman–Crippen MR) is 128 cm³/mol. The predicted octanol–water partition coefficient (Wildman–Crippen LogP) is 8.45. The quantitative estimate of drug-likeness (QED) is 0.419. The number of rotatable bonds is 7. The van der Waals surface area contributed by atoms with Crippen LogP contribution in [0.1, 0.15) is 88.7 Å². The third kappa shape index (κ3) is 5.25. The van der Waals surface area contributed by atoms with Gasteiger partial charge in [0.25, 0.3) is 0 Å². The van der Waals surface area contributed by atoms with Gasteiger partial charge in [0.2, 0.25) is 0 Å². The smallest absolute Gasteiger partial charge is 0.166 e. The van der Waals surface area contributed by atoms with Gasteiger partial charge in [0.1, 0.15) is 0 Å². The van der Waals surface area contributed by atoms with Gasteiger partial charge < -0.3 is 4.74 Å². The summed E-state index contributed by atoms with van der Waals surface area (Å²) in [5.41, 5.74) is 2.89. The van der Waals surface area contributed by atoms with Crippen molar-refractivity contribution in [2.75, 3.05) is 6.61 Å². The van der Waals surface area contributed by atoms with Gasteiger partial charge in [-0.05, 0) is 85.8 Å². The molecule has 0 N–H and O–H groups in total. The lowest BCUT2D eigenvalue weighted by Gasteiger charge is -2.38. The molecule has 4 rings (SSSR count). The summed E-state index contributed by atoms with van der Waals surface area (Å²) >= 11 is 0. The molecule has 0 bridgehead atoms. The maximum Gasteiger partial charge on any atom is 0.166 e. The molecule has 2 aromatic rings. The maximum absolute atomic E-state index is 15.1. The molecule has 1 heterocycles. The highest BCUT2D eigenvalue weighted by Crippen LogP contribution is 2.42. The summed E-state index contributed by atoms with van der Waals surface area (Å²) in [5.74, 6) is 0.0529. The molecule has 2 unspecified atom stereocenters. The van der Waals surface area contributed by atoms with Crippen LogP contribution in [0.25, 0.3) is 11.1 Å². The molecule has 0 amide bonds. The minimum absolute atomic E-state index is 0.109. The van der Waals surface area contributed by atoms with Crippen molar-refractivity contribution in [1.29, 1.82) is 0 Å². The van der Waals surface area contributed by atoms with E-state index in [1.807, 2.05) is 30.3 Å². The van der Waals surface area contributed by atoms with Gasteiger partial charge in [0, 0.05) is 12.2 Å². The van der Waals surface area contributed by atoms with Crippen LogP contribution in [0.4, 0.5) is 8.78 Å².